The number of nitrogens with one attached hydrogen (secondary N) is 1. The van der Waals surface area contributed by atoms with E-state index in [0.717, 1.165) is 0 Å². The van der Waals surface area contributed by atoms with E-state index in [1.807, 2.05) is 0 Å². The lowest BCUT2D eigenvalue weighted by Crippen LogP contribution is -2.10. The van der Waals surface area contributed by atoms with Gasteiger partial charge in [-0.15, -0.1) is 0 Å². The van der Waals surface area contributed by atoms with Crippen LogP contribution < -0.4 is 10.1 Å². The van der Waals surface area contributed by atoms with E-state index >= 15 is 0 Å². The largest absolute Gasteiger partial charge is 0.438 e. The highest BCUT2D eigenvalue weighted by atomic mass is 19.4. The normalized spacial score (nSPS) is 11.2. The molecule has 0 bridgehead atoms. The number of alkyl halides is 3. The Morgan fingerprint density at radius 3 is 2.24 bits per heavy atom. The van der Waals surface area contributed by atoms with Crippen molar-refractivity contribution in [1.29, 1.82) is 0 Å². The Labute approximate surface area is 140 Å². The number of nitrogens with zero attached hydrogens (tertiary/aromatic N) is 2. The number of hydrogen-bond acceptors (Lipinski definition) is 4. The first-order chi connectivity index (χ1) is 11.9. The zero-order valence-electron chi connectivity index (χ0n) is 12.6. The molecule has 0 saturated carbocycles. The fourth-order valence-corrected chi connectivity index (χ4v) is 1.96. The summed E-state index contributed by atoms with van der Waals surface area (Å²) >= 11 is 0. The maximum Gasteiger partial charge on any atom is 0.423 e. The Morgan fingerprint density at radius 2 is 1.60 bits per heavy atom. The van der Waals surface area contributed by atoms with Crippen molar-refractivity contribution in [1.82, 2.24) is 9.97 Å². The van der Waals surface area contributed by atoms with E-state index in [4.69, 9.17) is 4.74 Å². The highest BCUT2D eigenvalue weighted by Gasteiger charge is 2.36. The van der Waals surface area contributed by atoms with Crippen molar-refractivity contribution in [3.63, 3.8) is 0 Å². The van der Waals surface area contributed by atoms with Gasteiger partial charge in [-0.25, -0.2) is 9.37 Å². The summed E-state index contributed by atoms with van der Waals surface area (Å²) in [6.07, 6.45) is -4.03. The number of rotatable bonds is 4. The minimum Gasteiger partial charge on any atom is -0.438 e. The van der Waals surface area contributed by atoms with Gasteiger partial charge in [0.25, 0.3) is 0 Å². The Balaban J connectivity index is 1.93. The maximum atomic E-state index is 13.1. The zero-order valence-corrected chi connectivity index (χ0v) is 12.6. The van der Waals surface area contributed by atoms with Gasteiger partial charge in [0, 0.05) is 11.9 Å². The molecule has 1 aromatic heterocycles. The summed E-state index contributed by atoms with van der Waals surface area (Å²) in [5, 5.41) is 2.70. The van der Waals surface area contributed by atoms with Gasteiger partial charge in [-0.2, -0.15) is 18.2 Å². The number of para-hydroxylation sites is 1. The number of benzene rings is 2. The molecule has 0 fully saturated rings. The third-order valence-electron chi connectivity index (χ3n) is 3.12. The van der Waals surface area contributed by atoms with Crippen LogP contribution in [0, 0.1) is 5.82 Å². The lowest BCUT2D eigenvalue weighted by atomic mass is 10.3. The Morgan fingerprint density at radius 1 is 0.920 bits per heavy atom. The van der Waals surface area contributed by atoms with Crippen LogP contribution in [0.5, 0.6) is 11.6 Å². The Bertz CT molecular complexity index is 852. The molecule has 0 spiro atoms. The molecule has 0 aliphatic rings. The molecule has 1 N–H and O–H groups in total. The van der Waals surface area contributed by atoms with Gasteiger partial charge in [0.05, 0.1) is 0 Å². The van der Waals surface area contributed by atoms with Gasteiger partial charge in [-0.05, 0) is 36.4 Å². The van der Waals surface area contributed by atoms with Gasteiger partial charge in [-0.3, -0.25) is 0 Å². The molecule has 8 heteroatoms. The van der Waals surface area contributed by atoms with Crippen LogP contribution in [0.4, 0.5) is 29.2 Å². The van der Waals surface area contributed by atoms with Gasteiger partial charge in [-0.1, -0.05) is 18.2 Å². The molecule has 128 valence electrons. The molecule has 0 saturated heterocycles. The maximum absolute atomic E-state index is 13.1. The fraction of sp³-hybridized carbons (Fsp3) is 0.0588. The summed E-state index contributed by atoms with van der Waals surface area (Å²) in [5.74, 6) is -0.963. The summed E-state index contributed by atoms with van der Waals surface area (Å²) in [6.45, 7) is 0. The summed E-state index contributed by atoms with van der Waals surface area (Å²) < 4.78 is 57.6. The van der Waals surface area contributed by atoms with E-state index in [2.05, 4.69) is 15.3 Å². The fourth-order valence-electron chi connectivity index (χ4n) is 1.96. The SMILES string of the molecule is Fc1ccc(Nc2ncc(C(F)(F)F)c(Oc3ccccc3)n2)cc1. The van der Waals surface area contributed by atoms with Crippen molar-refractivity contribution in [3.8, 4) is 11.6 Å². The van der Waals surface area contributed by atoms with Crippen molar-refractivity contribution in [2.75, 3.05) is 5.32 Å². The van der Waals surface area contributed by atoms with E-state index < -0.39 is 23.4 Å². The molecular formula is C17H11F4N3O. The van der Waals surface area contributed by atoms with Crippen molar-refractivity contribution in [2.24, 2.45) is 0 Å². The Kier molecular flexibility index (Phi) is 4.51. The quantitative estimate of drug-likeness (QED) is 0.660. The zero-order chi connectivity index (χ0) is 17.9. The van der Waals surface area contributed by atoms with Crippen LogP contribution in [-0.4, -0.2) is 9.97 Å². The van der Waals surface area contributed by atoms with Crippen LogP contribution >= 0.6 is 0 Å². The van der Waals surface area contributed by atoms with Crippen LogP contribution in [0.25, 0.3) is 0 Å². The summed E-state index contributed by atoms with van der Waals surface area (Å²) in [5.41, 5.74) is -0.673. The van der Waals surface area contributed by atoms with Crippen molar-refractivity contribution in [2.45, 2.75) is 6.18 Å². The molecule has 0 unspecified atom stereocenters. The first kappa shape index (κ1) is 16.7. The predicted octanol–water partition coefficient (Wildman–Crippen LogP) is 5.17. The third-order valence-corrected chi connectivity index (χ3v) is 3.12. The van der Waals surface area contributed by atoms with Gasteiger partial charge in [0.2, 0.25) is 11.8 Å². The van der Waals surface area contributed by atoms with Crippen molar-refractivity contribution in [3.05, 3.63) is 72.2 Å². The highest BCUT2D eigenvalue weighted by Crippen LogP contribution is 2.37. The molecule has 25 heavy (non-hydrogen) atoms. The van der Waals surface area contributed by atoms with E-state index in [9.17, 15) is 17.6 Å². The average molecular weight is 349 g/mol. The number of hydrogen-bond donors (Lipinski definition) is 1. The lowest BCUT2D eigenvalue weighted by Gasteiger charge is -2.14. The first-order valence-corrected chi connectivity index (χ1v) is 7.11. The summed E-state index contributed by atoms with van der Waals surface area (Å²) in [6, 6.07) is 13.2. The van der Waals surface area contributed by atoms with Crippen LogP contribution in [0.1, 0.15) is 5.56 Å². The van der Waals surface area contributed by atoms with E-state index in [1.165, 1.54) is 36.4 Å². The lowest BCUT2D eigenvalue weighted by molar-refractivity contribution is -0.139. The van der Waals surface area contributed by atoms with Gasteiger partial charge in [0.15, 0.2) is 0 Å². The van der Waals surface area contributed by atoms with Crippen LogP contribution in [-0.2, 0) is 6.18 Å². The minimum absolute atomic E-state index is 0.106. The highest BCUT2D eigenvalue weighted by molar-refractivity contribution is 5.53. The molecule has 0 radical (unpaired) electrons. The second-order valence-electron chi connectivity index (χ2n) is 4.96. The second-order valence-corrected chi connectivity index (χ2v) is 4.96. The number of anilines is 2. The summed E-state index contributed by atoms with van der Waals surface area (Å²) in [4.78, 5) is 7.44. The minimum atomic E-state index is -4.67. The standard InChI is InChI=1S/C17H11F4N3O/c18-11-6-8-12(9-7-11)23-16-22-10-14(17(19,20)21)15(24-16)25-13-4-2-1-3-5-13/h1-10H,(H,22,23,24). The smallest absolute Gasteiger partial charge is 0.423 e. The number of halogens is 4. The van der Waals surface area contributed by atoms with Gasteiger partial charge < -0.3 is 10.1 Å². The van der Waals surface area contributed by atoms with Crippen molar-refractivity contribution < 1.29 is 22.3 Å². The van der Waals surface area contributed by atoms with E-state index in [-0.39, 0.29) is 11.7 Å². The number of aromatic nitrogens is 2. The molecular weight excluding hydrogens is 338 g/mol. The molecule has 2 aromatic carbocycles. The molecule has 3 aromatic rings. The molecule has 0 atom stereocenters. The van der Waals surface area contributed by atoms with Crippen LogP contribution in [0.15, 0.2) is 60.8 Å². The Hall–Kier alpha value is -3.16. The topological polar surface area (TPSA) is 47.0 Å². The van der Waals surface area contributed by atoms with E-state index in [1.54, 1.807) is 18.2 Å². The third kappa shape index (κ3) is 4.23. The molecule has 4 nitrogen and oxygen atoms in total. The molecule has 0 amide bonds. The number of ether oxygens (including phenoxy) is 1. The van der Waals surface area contributed by atoms with E-state index in [0.29, 0.717) is 11.9 Å². The molecule has 1 heterocycles. The van der Waals surface area contributed by atoms with Crippen LogP contribution in [0.2, 0.25) is 0 Å². The monoisotopic (exact) mass is 349 g/mol. The average Bonchev–Trinajstić information content (AvgIpc) is 2.57. The van der Waals surface area contributed by atoms with Crippen molar-refractivity contribution >= 4 is 11.6 Å². The molecule has 3 rings (SSSR count). The second kappa shape index (κ2) is 6.76. The first-order valence-electron chi connectivity index (χ1n) is 7.11. The molecule has 0 aliphatic heterocycles. The molecule has 0 aliphatic carbocycles. The predicted molar refractivity (Wildman–Crippen MR) is 83.2 cm³/mol. The van der Waals surface area contributed by atoms with Crippen LogP contribution in [0.3, 0.4) is 0 Å². The van der Waals surface area contributed by atoms with Gasteiger partial charge in [0.1, 0.15) is 17.1 Å². The summed E-state index contributed by atoms with van der Waals surface area (Å²) in [7, 11) is 0. The van der Waals surface area contributed by atoms with Gasteiger partial charge >= 0.3 is 6.18 Å².